The van der Waals surface area contributed by atoms with Gasteiger partial charge in [0.1, 0.15) is 17.4 Å². The van der Waals surface area contributed by atoms with Crippen molar-refractivity contribution in [3.8, 4) is 6.07 Å². The highest BCUT2D eigenvalue weighted by molar-refractivity contribution is 6.00. The lowest BCUT2D eigenvalue weighted by molar-refractivity contribution is -0.119. The van der Waals surface area contributed by atoms with Crippen LogP contribution in [0, 0.1) is 37.5 Å². The van der Waals surface area contributed by atoms with Crippen LogP contribution in [0.2, 0.25) is 0 Å². The largest absolute Gasteiger partial charge is 0.444 e. The van der Waals surface area contributed by atoms with Gasteiger partial charge in [0.05, 0.1) is 12.5 Å². The van der Waals surface area contributed by atoms with Gasteiger partial charge in [-0.1, -0.05) is 19.9 Å². The second-order valence-corrected chi connectivity index (χ2v) is 8.66. The van der Waals surface area contributed by atoms with Gasteiger partial charge in [0.25, 0.3) is 0 Å². The van der Waals surface area contributed by atoms with Gasteiger partial charge in [-0.15, -0.1) is 0 Å². The highest BCUT2D eigenvalue weighted by Crippen LogP contribution is 2.49. The highest BCUT2D eigenvalue weighted by atomic mass is 16.5. The Kier molecular flexibility index (Phi) is 5.12. The van der Waals surface area contributed by atoms with Gasteiger partial charge < -0.3 is 15.2 Å². The van der Waals surface area contributed by atoms with E-state index in [0.29, 0.717) is 36.4 Å². The number of nitrogens with zero attached hydrogens (tertiary/aromatic N) is 1. The molecule has 1 heterocycles. The number of hydrogen-bond acceptors (Lipinski definition) is 5. The molecule has 0 saturated carbocycles. The standard InChI is InChI=1S/C23H28N2O3/c1-12-7-13(2)19(14(3)16(12)11-27-6)20-15(10-24)22(25)28-18-9-23(4,5)8-17(26)21(18)20/h7,20H,8-9,11,25H2,1-6H3. The number of carbonyl (C=O) groups excluding carboxylic acids is 1. The van der Waals surface area contributed by atoms with E-state index in [1.807, 2.05) is 27.7 Å². The van der Waals surface area contributed by atoms with Gasteiger partial charge in [-0.05, 0) is 54.0 Å². The summed E-state index contributed by atoms with van der Waals surface area (Å²) in [5.74, 6) is 0.248. The summed E-state index contributed by atoms with van der Waals surface area (Å²) in [6, 6.07) is 4.30. The summed E-state index contributed by atoms with van der Waals surface area (Å²) < 4.78 is 11.2. The Labute approximate surface area is 166 Å². The van der Waals surface area contributed by atoms with Crippen LogP contribution in [0.15, 0.2) is 28.9 Å². The van der Waals surface area contributed by atoms with Crippen LogP contribution >= 0.6 is 0 Å². The average molecular weight is 380 g/mol. The van der Waals surface area contributed by atoms with E-state index in [0.717, 1.165) is 27.8 Å². The van der Waals surface area contributed by atoms with Gasteiger partial charge in [-0.3, -0.25) is 4.79 Å². The molecule has 0 radical (unpaired) electrons. The number of hydrogen-bond donors (Lipinski definition) is 1. The molecular formula is C23H28N2O3. The first-order chi connectivity index (χ1) is 13.1. The van der Waals surface area contributed by atoms with E-state index in [9.17, 15) is 10.1 Å². The molecule has 0 amide bonds. The topological polar surface area (TPSA) is 85.3 Å². The predicted molar refractivity (Wildman–Crippen MR) is 107 cm³/mol. The third kappa shape index (κ3) is 3.22. The Bertz CT molecular complexity index is 961. The Hall–Kier alpha value is -2.58. The molecule has 2 aliphatic rings. The summed E-state index contributed by atoms with van der Waals surface area (Å²) in [6.45, 7) is 10.7. The molecule has 148 valence electrons. The van der Waals surface area contributed by atoms with Gasteiger partial charge in [0.15, 0.2) is 5.78 Å². The molecule has 0 spiro atoms. The molecule has 1 atom stereocenters. The Morgan fingerprint density at radius 1 is 1.29 bits per heavy atom. The molecular weight excluding hydrogens is 352 g/mol. The predicted octanol–water partition coefficient (Wildman–Crippen LogP) is 4.21. The lowest BCUT2D eigenvalue weighted by Gasteiger charge is -2.38. The molecule has 0 bridgehead atoms. The summed E-state index contributed by atoms with van der Waals surface area (Å²) in [7, 11) is 1.67. The Morgan fingerprint density at radius 3 is 2.57 bits per heavy atom. The zero-order valence-corrected chi connectivity index (χ0v) is 17.5. The number of carbonyl (C=O) groups is 1. The minimum atomic E-state index is -0.492. The molecule has 5 heteroatoms. The number of allylic oxidation sites excluding steroid dienone is 3. The van der Waals surface area contributed by atoms with Crippen LogP contribution in [-0.4, -0.2) is 12.9 Å². The van der Waals surface area contributed by atoms with E-state index in [1.165, 1.54) is 0 Å². The number of ketones is 1. The normalized spacial score (nSPS) is 21.3. The Morgan fingerprint density at radius 2 is 1.96 bits per heavy atom. The van der Waals surface area contributed by atoms with Crippen molar-refractivity contribution < 1.29 is 14.3 Å². The number of Topliss-reactive ketones (excluding diaryl/α,β-unsaturated/α-hetero) is 1. The smallest absolute Gasteiger partial charge is 0.205 e. The minimum absolute atomic E-state index is 0.0316. The van der Waals surface area contributed by atoms with Crippen molar-refractivity contribution in [1.82, 2.24) is 0 Å². The molecule has 5 nitrogen and oxygen atoms in total. The van der Waals surface area contributed by atoms with E-state index in [1.54, 1.807) is 7.11 Å². The maximum absolute atomic E-state index is 13.2. The van der Waals surface area contributed by atoms with Crippen molar-refractivity contribution in [1.29, 1.82) is 5.26 Å². The fourth-order valence-corrected chi connectivity index (χ4v) is 4.63. The molecule has 28 heavy (non-hydrogen) atoms. The van der Waals surface area contributed by atoms with Crippen molar-refractivity contribution in [2.24, 2.45) is 11.1 Å². The van der Waals surface area contributed by atoms with E-state index in [-0.39, 0.29) is 17.1 Å². The van der Waals surface area contributed by atoms with Gasteiger partial charge in [0, 0.05) is 25.5 Å². The van der Waals surface area contributed by atoms with E-state index >= 15 is 0 Å². The molecule has 1 aromatic carbocycles. The number of ether oxygens (including phenoxy) is 2. The summed E-state index contributed by atoms with van der Waals surface area (Å²) >= 11 is 0. The highest BCUT2D eigenvalue weighted by Gasteiger charge is 2.43. The van der Waals surface area contributed by atoms with Crippen LogP contribution < -0.4 is 5.73 Å². The number of nitriles is 1. The van der Waals surface area contributed by atoms with Crippen LogP contribution in [0.5, 0.6) is 0 Å². The van der Waals surface area contributed by atoms with Gasteiger partial charge >= 0.3 is 0 Å². The van der Waals surface area contributed by atoms with Crippen LogP contribution in [0.3, 0.4) is 0 Å². The molecule has 0 fully saturated rings. The van der Waals surface area contributed by atoms with Crippen molar-refractivity contribution in [3.63, 3.8) is 0 Å². The zero-order valence-electron chi connectivity index (χ0n) is 17.5. The van der Waals surface area contributed by atoms with Gasteiger partial charge in [-0.2, -0.15) is 5.26 Å². The number of benzene rings is 1. The minimum Gasteiger partial charge on any atom is -0.444 e. The van der Waals surface area contributed by atoms with Gasteiger partial charge in [0.2, 0.25) is 5.88 Å². The molecule has 0 saturated heterocycles. The molecule has 1 aliphatic carbocycles. The van der Waals surface area contributed by atoms with Crippen LogP contribution in [0.1, 0.15) is 60.4 Å². The fraction of sp³-hybridized carbons (Fsp3) is 0.478. The third-order valence-corrected chi connectivity index (χ3v) is 5.84. The quantitative estimate of drug-likeness (QED) is 0.849. The molecule has 0 aromatic heterocycles. The maximum atomic E-state index is 13.2. The second-order valence-electron chi connectivity index (χ2n) is 8.66. The molecule has 1 aliphatic heterocycles. The summed E-state index contributed by atoms with van der Waals surface area (Å²) in [6.07, 6.45) is 1.05. The number of rotatable bonds is 3. The Balaban J connectivity index is 2.30. The van der Waals surface area contributed by atoms with E-state index < -0.39 is 5.92 Å². The maximum Gasteiger partial charge on any atom is 0.205 e. The molecule has 1 unspecified atom stereocenters. The first kappa shape index (κ1) is 20.2. The van der Waals surface area contributed by atoms with Crippen molar-refractivity contribution in [3.05, 3.63) is 56.7 Å². The monoisotopic (exact) mass is 380 g/mol. The lowest BCUT2D eigenvalue weighted by atomic mass is 9.69. The van der Waals surface area contributed by atoms with E-state index in [2.05, 4.69) is 19.1 Å². The van der Waals surface area contributed by atoms with E-state index in [4.69, 9.17) is 15.2 Å². The first-order valence-electron chi connectivity index (χ1n) is 9.53. The lowest BCUT2D eigenvalue weighted by Crippen LogP contribution is -2.34. The first-order valence-corrected chi connectivity index (χ1v) is 9.53. The number of aryl methyl sites for hydroxylation is 2. The number of nitrogens with two attached hydrogens (primary N) is 1. The van der Waals surface area contributed by atoms with Gasteiger partial charge in [-0.25, -0.2) is 0 Å². The van der Waals surface area contributed by atoms with Crippen molar-refractivity contribution in [2.75, 3.05) is 7.11 Å². The summed E-state index contributed by atoms with van der Waals surface area (Å²) in [4.78, 5) is 13.2. The number of methoxy groups -OCH3 is 1. The summed E-state index contributed by atoms with van der Waals surface area (Å²) in [5.41, 5.74) is 12.1. The van der Waals surface area contributed by atoms with Crippen molar-refractivity contribution in [2.45, 2.75) is 60.0 Å². The SMILES string of the molecule is COCc1c(C)cc(C)c(C2C(C#N)=C(N)OC3=C2C(=O)CC(C)(C)C3)c1C. The van der Waals surface area contributed by atoms with Crippen LogP contribution in [0.25, 0.3) is 0 Å². The fourth-order valence-electron chi connectivity index (χ4n) is 4.63. The second kappa shape index (κ2) is 7.10. The van der Waals surface area contributed by atoms with Crippen LogP contribution in [-0.2, 0) is 20.9 Å². The van der Waals surface area contributed by atoms with Crippen molar-refractivity contribution >= 4 is 5.78 Å². The molecule has 2 N–H and O–H groups in total. The zero-order chi connectivity index (χ0) is 20.8. The van der Waals surface area contributed by atoms with Crippen LogP contribution in [0.4, 0.5) is 0 Å². The molecule has 1 aromatic rings. The summed E-state index contributed by atoms with van der Waals surface area (Å²) in [5, 5.41) is 9.85. The molecule has 3 rings (SSSR count). The average Bonchev–Trinajstić information content (AvgIpc) is 2.56. The third-order valence-electron chi connectivity index (χ3n) is 5.84.